The Balaban J connectivity index is 0. The van der Waals surface area contributed by atoms with Gasteiger partial charge in [-0.3, -0.25) is 9.80 Å². The normalized spacial score (nSPS) is 18.2. The number of piperazine rings is 1. The van der Waals surface area contributed by atoms with E-state index >= 15 is 0 Å². The average molecular weight is 281 g/mol. The summed E-state index contributed by atoms with van der Waals surface area (Å²) in [5, 5.41) is 8.72. The summed E-state index contributed by atoms with van der Waals surface area (Å²) in [4.78, 5) is 4.07. The van der Waals surface area contributed by atoms with E-state index in [1.165, 1.54) is 0 Å². The summed E-state index contributed by atoms with van der Waals surface area (Å²) in [6.07, 6.45) is 0. The molecular formula is C8H18ClLiN2O4S. The first-order chi connectivity index (χ1) is 7.01. The van der Waals surface area contributed by atoms with Crippen molar-refractivity contribution in [1.29, 1.82) is 0 Å². The zero-order valence-electron chi connectivity index (χ0n) is 10.0. The van der Waals surface area contributed by atoms with Crippen LogP contribution in [0.5, 0.6) is 0 Å². The van der Waals surface area contributed by atoms with E-state index in [2.05, 4.69) is 4.90 Å². The zero-order valence-corrected chi connectivity index (χ0v) is 11.7. The maximum absolute atomic E-state index is 10.4. The van der Waals surface area contributed by atoms with Gasteiger partial charge in [0.1, 0.15) is 0 Å². The Labute approximate surface area is 121 Å². The topological polar surface area (TPSA) is 83.9 Å². The van der Waals surface area contributed by atoms with Crippen LogP contribution in [-0.4, -0.2) is 79.5 Å². The summed E-state index contributed by atoms with van der Waals surface area (Å²) in [7, 11) is -4.09. The van der Waals surface area contributed by atoms with Gasteiger partial charge in [-0.2, -0.15) is 0 Å². The Morgan fingerprint density at radius 3 is 1.82 bits per heavy atom. The molecule has 1 heterocycles. The monoisotopic (exact) mass is 280 g/mol. The van der Waals surface area contributed by atoms with Crippen LogP contribution in [0.1, 0.15) is 0 Å². The molecule has 0 aromatic carbocycles. The minimum absolute atomic E-state index is 0. The summed E-state index contributed by atoms with van der Waals surface area (Å²) in [6.45, 7) is 4.28. The largest absolute Gasteiger partial charge is 1.00 e. The predicted octanol–water partition coefficient (Wildman–Crippen LogP) is -4.43. The summed E-state index contributed by atoms with van der Waals surface area (Å²) in [6, 6.07) is 0. The number of halogens is 1. The van der Waals surface area contributed by atoms with Crippen molar-refractivity contribution in [2.75, 3.05) is 51.6 Å². The number of nitrogens with zero attached hydrogens (tertiary/aromatic N) is 2. The van der Waals surface area contributed by atoms with E-state index in [0.717, 1.165) is 26.2 Å². The zero-order chi connectivity index (χ0) is 11.3. The van der Waals surface area contributed by atoms with E-state index in [4.69, 9.17) is 5.11 Å². The molecule has 0 amide bonds. The Morgan fingerprint density at radius 1 is 1.06 bits per heavy atom. The first-order valence-corrected chi connectivity index (χ1v) is 6.58. The Hall–Kier alpha value is 0.677. The molecule has 0 aliphatic carbocycles. The number of rotatable bonds is 5. The van der Waals surface area contributed by atoms with Gasteiger partial charge >= 0.3 is 18.9 Å². The molecule has 1 fully saturated rings. The number of aliphatic hydroxyl groups is 1. The molecule has 1 aliphatic heterocycles. The summed E-state index contributed by atoms with van der Waals surface area (Å²) in [5.74, 6) is -0.312. The number of β-amino-alcohol motifs (C(OH)–C–C–N with tert-alkyl or cyclic N) is 1. The van der Waals surface area contributed by atoms with Gasteiger partial charge in [-0.05, 0) is 0 Å². The minimum atomic E-state index is -4.09. The SMILES string of the molecule is Cl.O=S(=O)([O-])CCN1CCN(CCO)CC1.[Li+]. The third kappa shape index (κ3) is 9.28. The van der Waals surface area contributed by atoms with Crippen molar-refractivity contribution in [3.63, 3.8) is 0 Å². The molecule has 0 atom stereocenters. The molecule has 0 radical (unpaired) electrons. The fraction of sp³-hybridized carbons (Fsp3) is 1.00. The van der Waals surface area contributed by atoms with Crippen LogP contribution >= 0.6 is 12.4 Å². The molecule has 0 saturated carbocycles. The van der Waals surface area contributed by atoms with E-state index in [-0.39, 0.29) is 43.6 Å². The van der Waals surface area contributed by atoms with Crippen LogP contribution in [-0.2, 0) is 10.1 Å². The Morgan fingerprint density at radius 2 is 1.47 bits per heavy atom. The predicted molar refractivity (Wildman–Crippen MR) is 61.8 cm³/mol. The van der Waals surface area contributed by atoms with Gasteiger partial charge < -0.3 is 9.66 Å². The fourth-order valence-electron chi connectivity index (χ4n) is 1.62. The summed E-state index contributed by atoms with van der Waals surface area (Å²) in [5.41, 5.74) is 0. The van der Waals surface area contributed by atoms with Gasteiger partial charge in [0.2, 0.25) is 0 Å². The van der Waals surface area contributed by atoms with Crippen LogP contribution in [0.4, 0.5) is 0 Å². The third-order valence-corrected chi connectivity index (χ3v) is 3.22. The van der Waals surface area contributed by atoms with E-state index in [1.54, 1.807) is 0 Å². The second-order valence-corrected chi connectivity index (χ2v) is 5.19. The van der Waals surface area contributed by atoms with Crippen LogP contribution in [0.3, 0.4) is 0 Å². The molecule has 6 nitrogen and oxygen atoms in total. The maximum Gasteiger partial charge on any atom is 1.00 e. The van der Waals surface area contributed by atoms with Gasteiger partial charge in [-0.25, -0.2) is 8.42 Å². The molecule has 0 aromatic rings. The first-order valence-electron chi connectivity index (χ1n) is 5.00. The molecule has 9 heteroatoms. The van der Waals surface area contributed by atoms with E-state index in [1.807, 2.05) is 4.90 Å². The quantitative estimate of drug-likeness (QED) is 0.404. The van der Waals surface area contributed by atoms with Crippen molar-refractivity contribution in [2.45, 2.75) is 0 Å². The van der Waals surface area contributed by atoms with Gasteiger partial charge in [0.15, 0.2) is 0 Å². The molecule has 1 rings (SSSR count). The molecule has 1 N–H and O–H groups in total. The molecule has 0 bridgehead atoms. The van der Waals surface area contributed by atoms with Crippen molar-refractivity contribution in [1.82, 2.24) is 9.80 Å². The van der Waals surface area contributed by atoms with Crippen LogP contribution in [0.25, 0.3) is 0 Å². The minimum Gasteiger partial charge on any atom is -0.748 e. The van der Waals surface area contributed by atoms with E-state index in [0.29, 0.717) is 13.1 Å². The molecular weight excluding hydrogens is 263 g/mol. The van der Waals surface area contributed by atoms with Crippen LogP contribution in [0.2, 0.25) is 0 Å². The van der Waals surface area contributed by atoms with Crippen molar-refractivity contribution in [3.8, 4) is 0 Å². The first kappa shape index (κ1) is 20.0. The molecule has 0 aromatic heterocycles. The fourth-order valence-corrected chi connectivity index (χ4v) is 2.10. The average Bonchev–Trinajstić information content (AvgIpc) is 2.16. The van der Waals surface area contributed by atoms with Gasteiger partial charge in [-0.15, -0.1) is 12.4 Å². The molecule has 17 heavy (non-hydrogen) atoms. The molecule has 98 valence electrons. The van der Waals surface area contributed by atoms with Crippen molar-refractivity contribution < 1.29 is 36.9 Å². The summed E-state index contributed by atoms with van der Waals surface area (Å²) < 4.78 is 31.2. The smallest absolute Gasteiger partial charge is 0.748 e. The van der Waals surface area contributed by atoms with Crippen molar-refractivity contribution >= 4 is 22.5 Å². The van der Waals surface area contributed by atoms with Gasteiger partial charge in [0, 0.05) is 39.3 Å². The third-order valence-electron chi connectivity index (χ3n) is 2.54. The maximum atomic E-state index is 10.4. The van der Waals surface area contributed by atoms with Crippen LogP contribution < -0.4 is 18.9 Å². The van der Waals surface area contributed by atoms with Gasteiger partial charge in [0.25, 0.3) is 0 Å². The van der Waals surface area contributed by atoms with Crippen LogP contribution in [0, 0.1) is 0 Å². The van der Waals surface area contributed by atoms with Gasteiger partial charge in [0.05, 0.1) is 22.5 Å². The second kappa shape index (κ2) is 9.59. The van der Waals surface area contributed by atoms with Crippen molar-refractivity contribution in [3.05, 3.63) is 0 Å². The van der Waals surface area contributed by atoms with E-state index in [9.17, 15) is 13.0 Å². The molecule has 0 unspecified atom stereocenters. The second-order valence-electron chi connectivity index (χ2n) is 3.67. The number of hydrogen-bond acceptors (Lipinski definition) is 6. The van der Waals surface area contributed by atoms with Gasteiger partial charge in [-0.1, -0.05) is 0 Å². The summed E-state index contributed by atoms with van der Waals surface area (Å²) >= 11 is 0. The molecule has 1 aliphatic rings. The van der Waals surface area contributed by atoms with E-state index < -0.39 is 10.1 Å². The Kier molecular flexibility index (Phi) is 11.3. The Bertz CT molecular complexity index is 283. The standard InChI is InChI=1S/C8H18N2O4S.ClH.Li/c11-7-5-9-1-3-10(4-2-9)6-8-15(12,13)14;;/h11H,1-8H2,(H,12,13,14);1H;/q;;+1/p-1. The van der Waals surface area contributed by atoms with Crippen molar-refractivity contribution in [2.24, 2.45) is 0 Å². The molecule has 0 spiro atoms. The van der Waals surface area contributed by atoms with Crippen LogP contribution in [0.15, 0.2) is 0 Å². The number of hydrogen-bond donors (Lipinski definition) is 1. The molecule has 1 saturated heterocycles. The number of aliphatic hydroxyl groups excluding tert-OH is 1.